The number of H-pyrrole nitrogens is 1. The number of ether oxygens (including phenoxy) is 1. The molecule has 0 amide bonds. The minimum Gasteiger partial charge on any atom is -0.454 e. The summed E-state index contributed by atoms with van der Waals surface area (Å²) in [5.74, 6) is -0.809. The van der Waals surface area contributed by atoms with Gasteiger partial charge in [-0.2, -0.15) is 0 Å². The van der Waals surface area contributed by atoms with E-state index in [2.05, 4.69) is 9.97 Å². The molecule has 0 aliphatic heterocycles. The lowest BCUT2D eigenvalue weighted by molar-refractivity contribution is -0.146. The van der Waals surface area contributed by atoms with Gasteiger partial charge in [-0.05, 0) is 19.1 Å². The van der Waals surface area contributed by atoms with Crippen molar-refractivity contribution in [2.24, 2.45) is 0 Å². The minimum absolute atomic E-state index is 0.0270. The lowest BCUT2D eigenvalue weighted by Crippen LogP contribution is -2.25. The van der Waals surface area contributed by atoms with Crippen LogP contribution < -0.4 is 5.56 Å². The maximum atomic E-state index is 12.2. The van der Waals surface area contributed by atoms with E-state index >= 15 is 0 Å². The van der Waals surface area contributed by atoms with Crippen LogP contribution in [0.3, 0.4) is 0 Å². The van der Waals surface area contributed by atoms with Gasteiger partial charge in [-0.3, -0.25) is 14.4 Å². The van der Waals surface area contributed by atoms with E-state index in [1.165, 1.54) is 6.92 Å². The van der Waals surface area contributed by atoms with Crippen molar-refractivity contribution < 1.29 is 14.3 Å². The second-order valence-corrected chi connectivity index (χ2v) is 5.89. The normalized spacial score (nSPS) is 11.9. The van der Waals surface area contributed by atoms with Crippen LogP contribution in [-0.4, -0.2) is 27.8 Å². The van der Waals surface area contributed by atoms with Gasteiger partial charge in [-0.1, -0.05) is 42.5 Å². The SMILES string of the molecule is C[C@H](OC(=O)CCc1nc2ccccc2[nH]c1=O)C(=O)c1ccccc1. The van der Waals surface area contributed by atoms with Crippen molar-refractivity contribution in [3.63, 3.8) is 0 Å². The van der Waals surface area contributed by atoms with E-state index in [0.29, 0.717) is 16.6 Å². The van der Waals surface area contributed by atoms with E-state index in [1.54, 1.807) is 36.4 Å². The fraction of sp³-hybridized carbons (Fsp3) is 0.200. The Balaban J connectivity index is 1.61. The van der Waals surface area contributed by atoms with Crippen LogP contribution in [0, 0.1) is 0 Å². The van der Waals surface area contributed by atoms with E-state index in [0.717, 1.165) is 0 Å². The Morgan fingerprint density at radius 2 is 1.77 bits per heavy atom. The van der Waals surface area contributed by atoms with E-state index in [1.807, 2.05) is 18.2 Å². The highest BCUT2D eigenvalue weighted by atomic mass is 16.5. The van der Waals surface area contributed by atoms with Gasteiger partial charge in [0, 0.05) is 12.0 Å². The highest BCUT2D eigenvalue weighted by Crippen LogP contribution is 2.09. The zero-order valence-electron chi connectivity index (χ0n) is 14.3. The summed E-state index contributed by atoms with van der Waals surface area (Å²) in [6, 6.07) is 15.8. The van der Waals surface area contributed by atoms with Crippen LogP contribution in [0.5, 0.6) is 0 Å². The van der Waals surface area contributed by atoms with Crippen LogP contribution in [0.15, 0.2) is 59.4 Å². The zero-order valence-corrected chi connectivity index (χ0v) is 14.3. The summed E-state index contributed by atoms with van der Waals surface area (Å²) in [6.45, 7) is 1.54. The summed E-state index contributed by atoms with van der Waals surface area (Å²) in [4.78, 5) is 43.3. The fourth-order valence-corrected chi connectivity index (χ4v) is 2.60. The second-order valence-electron chi connectivity index (χ2n) is 5.89. The van der Waals surface area contributed by atoms with Gasteiger partial charge in [-0.15, -0.1) is 0 Å². The van der Waals surface area contributed by atoms with Gasteiger partial charge in [0.1, 0.15) is 5.69 Å². The van der Waals surface area contributed by atoms with Crippen molar-refractivity contribution in [1.29, 1.82) is 0 Å². The summed E-state index contributed by atoms with van der Waals surface area (Å²) >= 11 is 0. The minimum atomic E-state index is -0.882. The predicted molar refractivity (Wildman–Crippen MR) is 97.0 cm³/mol. The van der Waals surface area contributed by atoms with Gasteiger partial charge in [0.05, 0.1) is 17.5 Å². The van der Waals surface area contributed by atoms with Gasteiger partial charge in [0.25, 0.3) is 5.56 Å². The van der Waals surface area contributed by atoms with Gasteiger partial charge < -0.3 is 9.72 Å². The zero-order chi connectivity index (χ0) is 18.5. The number of nitrogens with one attached hydrogen (secondary N) is 1. The first-order chi connectivity index (χ1) is 12.5. The van der Waals surface area contributed by atoms with Gasteiger partial charge in [0.15, 0.2) is 6.10 Å². The van der Waals surface area contributed by atoms with E-state index in [9.17, 15) is 14.4 Å². The average Bonchev–Trinajstić information content (AvgIpc) is 2.66. The van der Waals surface area contributed by atoms with Crippen molar-refractivity contribution in [3.8, 4) is 0 Å². The lowest BCUT2D eigenvalue weighted by Gasteiger charge is -2.12. The monoisotopic (exact) mass is 350 g/mol. The molecule has 0 bridgehead atoms. The molecule has 0 spiro atoms. The number of aromatic amines is 1. The number of benzene rings is 2. The van der Waals surface area contributed by atoms with Crippen molar-refractivity contribution in [2.45, 2.75) is 25.9 Å². The molecule has 132 valence electrons. The molecule has 1 N–H and O–H groups in total. The topological polar surface area (TPSA) is 89.1 Å². The number of carbonyl (C=O) groups is 2. The molecule has 1 aromatic heterocycles. The Labute approximate surface area is 149 Å². The van der Waals surface area contributed by atoms with Gasteiger partial charge in [0.2, 0.25) is 5.78 Å². The molecule has 0 fully saturated rings. The summed E-state index contributed by atoms with van der Waals surface area (Å²) in [5, 5.41) is 0. The predicted octanol–water partition coefficient (Wildman–Crippen LogP) is 2.67. The molecule has 0 saturated heterocycles. The molecule has 2 aromatic carbocycles. The molecule has 6 nitrogen and oxygen atoms in total. The third kappa shape index (κ3) is 4.03. The number of aromatic nitrogens is 2. The number of aryl methyl sites for hydroxylation is 1. The highest BCUT2D eigenvalue weighted by Gasteiger charge is 2.19. The number of rotatable bonds is 6. The maximum absolute atomic E-state index is 12.2. The standard InChI is InChI=1S/C20H18N2O4/c1-13(19(24)14-7-3-2-4-8-14)26-18(23)12-11-17-20(25)22-16-10-6-5-9-15(16)21-17/h2-10,13H,11-12H2,1H3,(H,22,25)/t13-/m0/s1. The Bertz CT molecular complexity index is 995. The quantitative estimate of drug-likeness (QED) is 0.545. The van der Waals surface area contributed by atoms with Crippen LogP contribution in [0.25, 0.3) is 11.0 Å². The molecule has 26 heavy (non-hydrogen) atoms. The summed E-state index contributed by atoms with van der Waals surface area (Å²) in [6.07, 6.45) is -0.765. The first-order valence-electron chi connectivity index (χ1n) is 8.31. The first kappa shape index (κ1) is 17.5. The Kier molecular flexibility index (Phi) is 5.22. The third-order valence-corrected chi connectivity index (χ3v) is 3.97. The van der Waals surface area contributed by atoms with Crippen LogP contribution >= 0.6 is 0 Å². The van der Waals surface area contributed by atoms with E-state index in [-0.39, 0.29) is 29.9 Å². The van der Waals surface area contributed by atoms with Gasteiger partial charge in [-0.25, -0.2) is 4.98 Å². The number of para-hydroxylation sites is 2. The molecule has 3 rings (SSSR count). The molecule has 6 heteroatoms. The molecule has 3 aromatic rings. The number of Topliss-reactive ketones (excluding diaryl/α,β-unsaturated/α-hetero) is 1. The van der Waals surface area contributed by atoms with Crippen LogP contribution in [0.2, 0.25) is 0 Å². The molecule has 0 aliphatic carbocycles. The van der Waals surface area contributed by atoms with Crippen LogP contribution in [-0.2, 0) is 16.0 Å². The molecule has 1 atom stereocenters. The number of nitrogens with zero attached hydrogens (tertiary/aromatic N) is 1. The lowest BCUT2D eigenvalue weighted by atomic mass is 10.1. The van der Waals surface area contributed by atoms with Crippen LogP contribution in [0.4, 0.5) is 0 Å². The molecular formula is C20H18N2O4. The number of esters is 1. The largest absolute Gasteiger partial charge is 0.454 e. The van der Waals surface area contributed by atoms with E-state index < -0.39 is 12.1 Å². The maximum Gasteiger partial charge on any atom is 0.306 e. The van der Waals surface area contributed by atoms with E-state index in [4.69, 9.17) is 4.74 Å². The number of hydrogen-bond acceptors (Lipinski definition) is 5. The smallest absolute Gasteiger partial charge is 0.306 e. The molecule has 0 aliphatic rings. The second kappa shape index (κ2) is 7.74. The number of carbonyl (C=O) groups excluding carboxylic acids is 2. The summed E-state index contributed by atoms with van der Waals surface area (Å²) in [5.41, 5.74) is 1.72. The Morgan fingerprint density at radius 1 is 1.08 bits per heavy atom. The number of ketones is 1. The molecular weight excluding hydrogens is 332 g/mol. The van der Waals surface area contributed by atoms with Crippen molar-refractivity contribution in [1.82, 2.24) is 9.97 Å². The summed E-state index contributed by atoms with van der Waals surface area (Å²) < 4.78 is 5.19. The molecule has 0 unspecified atom stereocenters. The Morgan fingerprint density at radius 3 is 2.54 bits per heavy atom. The average molecular weight is 350 g/mol. The van der Waals surface area contributed by atoms with Crippen LogP contribution in [0.1, 0.15) is 29.4 Å². The summed E-state index contributed by atoms with van der Waals surface area (Å²) in [7, 11) is 0. The van der Waals surface area contributed by atoms with Crippen molar-refractivity contribution in [3.05, 3.63) is 76.2 Å². The molecule has 0 saturated carbocycles. The number of fused-ring (bicyclic) bond motifs is 1. The van der Waals surface area contributed by atoms with Gasteiger partial charge >= 0.3 is 5.97 Å². The first-order valence-corrected chi connectivity index (χ1v) is 8.31. The Hall–Kier alpha value is -3.28. The third-order valence-electron chi connectivity index (χ3n) is 3.97. The van der Waals surface area contributed by atoms with Crippen molar-refractivity contribution in [2.75, 3.05) is 0 Å². The molecule has 1 heterocycles. The fourth-order valence-electron chi connectivity index (χ4n) is 2.60. The highest BCUT2D eigenvalue weighted by molar-refractivity contribution is 6.00. The number of hydrogen-bond donors (Lipinski definition) is 1. The molecule has 0 radical (unpaired) electrons. The van der Waals surface area contributed by atoms with Crippen molar-refractivity contribution >= 4 is 22.8 Å².